The third-order valence-corrected chi connectivity index (χ3v) is 3.05. The Bertz CT molecular complexity index is 464. The van der Waals surface area contributed by atoms with E-state index < -0.39 is 5.60 Å². The van der Waals surface area contributed by atoms with Gasteiger partial charge in [-0.2, -0.15) is 0 Å². The molecule has 5 heteroatoms. The Morgan fingerprint density at radius 3 is 2.36 bits per heavy atom. The summed E-state index contributed by atoms with van der Waals surface area (Å²) < 4.78 is 5.42. The van der Waals surface area contributed by atoms with E-state index in [0.29, 0.717) is 19.6 Å². The molecular formula is C17H28N2O3. The van der Waals surface area contributed by atoms with Crippen molar-refractivity contribution in [1.29, 1.82) is 0 Å². The van der Waals surface area contributed by atoms with Crippen LogP contribution in [0, 0.1) is 0 Å². The van der Waals surface area contributed by atoms with Crippen LogP contribution in [-0.4, -0.2) is 40.8 Å². The summed E-state index contributed by atoms with van der Waals surface area (Å²) in [5.41, 5.74) is 0.607. The molecule has 5 nitrogen and oxygen atoms in total. The van der Waals surface area contributed by atoms with Gasteiger partial charge in [0.05, 0.1) is 0 Å². The van der Waals surface area contributed by atoms with E-state index in [1.54, 1.807) is 17.0 Å². The first-order chi connectivity index (χ1) is 10.2. The Hall–Kier alpha value is -1.75. The third-order valence-electron chi connectivity index (χ3n) is 3.05. The summed E-state index contributed by atoms with van der Waals surface area (Å²) in [6, 6.07) is 7.16. The first kappa shape index (κ1) is 18.3. The molecule has 0 aliphatic heterocycles. The summed E-state index contributed by atoms with van der Waals surface area (Å²) in [7, 11) is 0. The second-order valence-corrected chi connectivity index (χ2v) is 6.61. The Balaban J connectivity index is 2.41. The molecule has 0 heterocycles. The maximum absolute atomic E-state index is 12.2. The standard InChI is InChI=1S/C17H28N2O3/c1-13(2)19(16(21)22-17(3,4)5)11-10-18-12-14-6-8-15(20)9-7-14/h6-9,13,18,20H,10-12H2,1-5H3. The van der Waals surface area contributed by atoms with Crippen LogP contribution in [0.15, 0.2) is 24.3 Å². The molecule has 1 rings (SSSR count). The molecule has 1 aromatic carbocycles. The Morgan fingerprint density at radius 2 is 1.86 bits per heavy atom. The summed E-state index contributed by atoms with van der Waals surface area (Å²) in [4.78, 5) is 13.9. The average molecular weight is 308 g/mol. The number of carbonyl (C=O) groups excluding carboxylic acids is 1. The third kappa shape index (κ3) is 6.80. The van der Waals surface area contributed by atoms with Gasteiger partial charge in [-0.1, -0.05) is 12.1 Å². The molecule has 0 radical (unpaired) electrons. The van der Waals surface area contributed by atoms with Gasteiger partial charge >= 0.3 is 6.09 Å². The van der Waals surface area contributed by atoms with Gasteiger partial charge in [-0.3, -0.25) is 0 Å². The lowest BCUT2D eigenvalue weighted by Gasteiger charge is -2.30. The van der Waals surface area contributed by atoms with Crippen molar-refractivity contribution in [2.45, 2.75) is 52.8 Å². The van der Waals surface area contributed by atoms with Crippen LogP contribution in [0.25, 0.3) is 0 Å². The van der Waals surface area contributed by atoms with Crippen LogP contribution in [0.4, 0.5) is 4.79 Å². The number of rotatable bonds is 6. The van der Waals surface area contributed by atoms with E-state index in [9.17, 15) is 9.90 Å². The summed E-state index contributed by atoms with van der Waals surface area (Å²) in [5.74, 6) is 0.264. The summed E-state index contributed by atoms with van der Waals surface area (Å²) in [5, 5.41) is 12.5. The number of amides is 1. The van der Waals surface area contributed by atoms with Crippen molar-refractivity contribution in [1.82, 2.24) is 10.2 Å². The highest BCUT2D eigenvalue weighted by atomic mass is 16.6. The van der Waals surface area contributed by atoms with Crippen LogP contribution in [0.5, 0.6) is 5.75 Å². The molecular weight excluding hydrogens is 280 g/mol. The first-order valence-corrected chi connectivity index (χ1v) is 7.67. The summed E-state index contributed by atoms with van der Waals surface area (Å²) in [6.45, 7) is 11.5. The molecule has 124 valence electrons. The molecule has 0 aromatic heterocycles. The normalized spacial score (nSPS) is 11.5. The van der Waals surface area contributed by atoms with Crippen LogP contribution in [0.1, 0.15) is 40.2 Å². The molecule has 0 saturated heterocycles. The van der Waals surface area contributed by atoms with E-state index in [4.69, 9.17) is 4.74 Å². The fourth-order valence-corrected chi connectivity index (χ4v) is 1.93. The topological polar surface area (TPSA) is 61.8 Å². The van der Waals surface area contributed by atoms with E-state index >= 15 is 0 Å². The van der Waals surface area contributed by atoms with Gasteiger partial charge in [0.25, 0.3) is 0 Å². The summed E-state index contributed by atoms with van der Waals surface area (Å²) >= 11 is 0. The summed E-state index contributed by atoms with van der Waals surface area (Å²) in [6.07, 6.45) is -0.283. The minimum atomic E-state index is -0.482. The zero-order valence-electron chi connectivity index (χ0n) is 14.2. The van der Waals surface area contributed by atoms with Crippen LogP contribution >= 0.6 is 0 Å². The molecule has 0 unspecified atom stereocenters. The van der Waals surface area contributed by atoms with Crippen LogP contribution in [-0.2, 0) is 11.3 Å². The first-order valence-electron chi connectivity index (χ1n) is 7.67. The molecule has 0 bridgehead atoms. The number of nitrogens with one attached hydrogen (secondary N) is 1. The fraction of sp³-hybridized carbons (Fsp3) is 0.588. The smallest absolute Gasteiger partial charge is 0.410 e. The van der Waals surface area contributed by atoms with Crippen molar-refractivity contribution < 1.29 is 14.6 Å². The van der Waals surface area contributed by atoms with Crippen molar-refractivity contribution in [2.75, 3.05) is 13.1 Å². The lowest BCUT2D eigenvalue weighted by Crippen LogP contribution is -2.44. The highest BCUT2D eigenvalue weighted by molar-refractivity contribution is 5.68. The lowest BCUT2D eigenvalue weighted by molar-refractivity contribution is 0.0193. The predicted molar refractivity (Wildman–Crippen MR) is 87.9 cm³/mol. The molecule has 2 N–H and O–H groups in total. The number of phenols is 1. The molecule has 0 aliphatic carbocycles. The number of hydrogen-bond acceptors (Lipinski definition) is 4. The van der Waals surface area contributed by atoms with Crippen LogP contribution < -0.4 is 5.32 Å². The van der Waals surface area contributed by atoms with Crippen molar-refractivity contribution in [3.8, 4) is 5.75 Å². The number of aromatic hydroxyl groups is 1. The van der Waals surface area contributed by atoms with Gasteiger partial charge in [-0.25, -0.2) is 4.79 Å². The molecule has 0 atom stereocenters. The predicted octanol–water partition coefficient (Wildman–Crippen LogP) is 3.13. The van der Waals surface area contributed by atoms with Crippen LogP contribution in [0.2, 0.25) is 0 Å². The highest BCUT2D eigenvalue weighted by Crippen LogP contribution is 2.12. The average Bonchev–Trinajstić information content (AvgIpc) is 2.38. The van der Waals surface area contributed by atoms with Gasteiger partial charge < -0.3 is 20.1 Å². The van der Waals surface area contributed by atoms with Crippen LogP contribution in [0.3, 0.4) is 0 Å². The van der Waals surface area contributed by atoms with Gasteiger partial charge in [-0.15, -0.1) is 0 Å². The van der Waals surface area contributed by atoms with Gasteiger partial charge in [0.15, 0.2) is 0 Å². The Morgan fingerprint density at radius 1 is 1.27 bits per heavy atom. The fourth-order valence-electron chi connectivity index (χ4n) is 1.93. The number of nitrogens with zero attached hydrogens (tertiary/aromatic N) is 1. The second kappa shape index (κ2) is 8.03. The molecule has 0 fully saturated rings. The lowest BCUT2D eigenvalue weighted by atomic mass is 10.2. The molecule has 1 aromatic rings. The number of phenolic OH excluding ortho intramolecular Hbond substituents is 1. The maximum atomic E-state index is 12.2. The zero-order valence-corrected chi connectivity index (χ0v) is 14.2. The quantitative estimate of drug-likeness (QED) is 0.793. The Labute approximate surface area is 133 Å². The number of carbonyl (C=O) groups is 1. The van der Waals surface area contributed by atoms with Gasteiger partial charge in [0, 0.05) is 25.7 Å². The van der Waals surface area contributed by atoms with E-state index in [2.05, 4.69) is 5.32 Å². The van der Waals surface area contributed by atoms with Crippen molar-refractivity contribution in [2.24, 2.45) is 0 Å². The monoisotopic (exact) mass is 308 g/mol. The Kier molecular flexibility index (Phi) is 6.68. The van der Waals surface area contributed by atoms with Gasteiger partial charge in [0.2, 0.25) is 0 Å². The number of ether oxygens (including phenoxy) is 1. The van der Waals surface area contributed by atoms with Gasteiger partial charge in [-0.05, 0) is 52.3 Å². The van der Waals surface area contributed by atoms with Gasteiger partial charge in [0.1, 0.15) is 11.4 Å². The van der Waals surface area contributed by atoms with E-state index in [1.165, 1.54) is 0 Å². The molecule has 22 heavy (non-hydrogen) atoms. The SMILES string of the molecule is CC(C)N(CCNCc1ccc(O)cc1)C(=O)OC(C)(C)C. The molecule has 1 amide bonds. The molecule has 0 aliphatic rings. The van der Waals surface area contributed by atoms with E-state index in [-0.39, 0.29) is 17.9 Å². The number of hydrogen-bond donors (Lipinski definition) is 2. The number of benzene rings is 1. The maximum Gasteiger partial charge on any atom is 0.410 e. The van der Waals surface area contributed by atoms with E-state index in [1.807, 2.05) is 46.8 Å². The molecule has 0 spiro atoms. The highest BCUT2D eigenvalue weighted by Gasteiger charge is 2.23. The minimum absolute atomic E-state index is 0.0883. The van der Waals surface area contributed by atoms with Crippen molar-refractivity contribution in [3.63, 3.8) is 0 Å². The minimum Gasteiger partial charge on any atom is -0.508 e. The zero-order chi connectivity index (χ0) is 16.8. The van der Waals surface area contributed by atoms with E-state index in [0.717, 1.165) is 5.56 Å². The second-order valence-electron chi connectivity index (χ2n) is 6.61. The molecule has 0 saturated carbocycles. The van der Waals surface area contributed by atoms with Crippen molar-refractivity contribution >= 4 is 6.09 Å². The largest absolute Gasteiger partial charge is 0.508 e. The van der Waals surface area contributed by atoms with Crippen molar-refractivity contribution in [3.05, 3.63) is 29.8 Å².